The second kappa shape index (κ2) is 12.6. The summed E-state index contributed by atoms with van der Waals surface area (Å²) >= 11 is 19.0. The van der Waals surface area contributed by atoms with E-state index in [-0.39, 0.29) is 33.1 Å². The van der Waals surface area contributed by atoms with E-state index in [1.54, 1.807) is 55.5 Å². The number of nitrogens with zero attached hydrogens (tertiary/aromatic N) is 2. The van der Waals surface area contributed by atoms with Gasteiger partial charge in [-0.25, -0.2) is 8.42 Å². The molecule has 196 valence electrons. The first-order chi connectivity index (χ1) is 17.6. The number of anilines is 1. The summed E-state index contributed by atoms with van der Waals surface area (Å²) in [5.74, 6) is -1.01. The van der Waals surface area contributed by atoms with Crippen molar-refractivity contribution in [2.45, 2.75) is 30.8 Å². The highest BCUT2D eigenvalue weighted by molar-refractivity contribution is 7.92. The maximum Gasteiger partial charge on any atom is 0.264 e. The van der Waals surface area contributed by atoms with Crippen molar-refractivity contribution < 1.29 is 18.0 Å². The highest BCUT2D eigenvalue weighted by Gasteiger charge is 2.34. The smallest absolute Gasteiger partial charge is 0.264 e. The Morgan fingerprint density at radius 1 is 0.892 bits per heavy atom. The number of hydrogen-bond acceptors (Lipinski definition) is 4. The molecule has 2 amide bonds. The monoisotopic (exact) mass is 581 g/mol. The molecule has 0 saturated heterocycles. The van der Waals surface area contributed by atoms with Crippen LogP contribution in [0.3, 0.4) is 0 Å². The van der Waals surface area contributed by atoms with Crippen molar-refractivity contribution in [3.05, 3.63) is 93.4 Å². The van der Waals surface area contributed by atoms with Gasteiger partial charge in [0.15, 0.2) is 0 Å². The maximum absolute atomic E-state index is 13.9. The normalized spacial score (nSPS) is 12.0. The SMILES string of the molecule is CC[C@@H](C(=O)NC)N(Cc1ccccc1Cl)C(=O)CN(c1cccc(Cl)c1Cl)S(=O)(=O)c1ccccc1. The lowest BCUT2D eigenvalue weighted by atomic mass is 10.1. The van der Waals surface area contributed by atoms with E-state index in [2.05, 4.69) is 5.32 Å². The van der Waals surface area contributed by atoms with E-state index in [0.717, 1.165) is 4.31 Å². The Labute approximate surface area is 232 Å². The van der Waals surface area contributed by atoms with Crippen LogP contribution in [0.2, 0.25) is 15.1 Å². The molecule has 37 heavy (non-hydrogen) atoms. The van der Waals surface area contributed by atoms with Crippen molar-refractivity contribution in [3.8, 4) is 0 Å². The van der Waals surface area contributed by atoms with Crippen LogP contribution in [0.15, 0.2) is 77.7 Å². The van der Waals surface area contributed by atoms with Crippen molar-refractivity contribution in [2.24, 2.45) is 0 Å². The average molecular weight is 583 g/mol. The lowest BCUT2D eigenvalue weighted by Crippen LogP contribution is -2.51. The number of amides is 2. The first kappa shape index (κ1) is 28.8. The van der Waals surface area contributed by atoms with Crippen LogP contribution in [0, 0.1) is 0 Å². The third kappa shape index (κ3) is 6.57. The van der Waals surface area contributed by atoms with Gasteiger partial charge in [0.05, 0.1) is 20.6 Å². The predicted octanol–water partition coefficient (Wildman–Crippen LogP) is 5.40. The Balaban J connectivity index is 2.11. The lowest BCUT2D eigenvalue weighted by molar-refractivity contribution is -0.140. The topological polar surface area (TPSA) is 86.8 Å². The fourth-order valence-electron chi connectivity index (χ4n) is 3.81. The number of rotatable bonds is 10. The van der Waals surface area contributed by atoms with Crippen LogP contribution in [-0.4, -0.2) is 44.8 Å². The number of benzene rings is 3. The van der Waals surface area contributed by atoms with Gasteiger partial charge in [-0.3, -0.25) is 13.9 Å². The van der Waals surface area contributed by atoms with Crippen LogP contribution < -0.4 is 9.62 Å². The van der Waals surface area contributed by atoms with Gasteiger partial charge in [-0.15, -0.1) is 0 Å². The van der Waals surface area contributed by atoms with Crippen molar-refractivity contribution in [3.63, 3.8) is 0 Å². The molecule has 0 aromatic heterocycles. The van der Waals surface area contributed by atoms with Gasteiger partial charge in [0, 0.05) is 18.6 Å². The van der Waals surface area contributed by atoms with Crippen LogP contribution >= 0.6 is 34.8 Å². The molecule has 0 aliphatic heterocycles. The summed E-state index contributed by atoms with van der Waals surface area (Å²) < 4.78 is 28.4. The minimum Gasteiger partial charge on any atom is -0.357 e. The molecule has 0 spiro atoms. The lowest BCUT2D eigenvalue weighted by Gasteiger charge is -2.33. The van der Waals surface area contributed by atoms with Gasteiger partial charge in [-0.2, -0.15) is 0 Å². The highest BCUT2D eigenvalue weighted by Crippen LogP contribution is 2.35. The Morgan fingerprint density at radius 2 is 1.51 bits per heavy atom. The zero-order chi connectivity index (χ0) is 27.2. The van der Waals surface area contributed by atoms with Gasteiger partial charge in [0.2, 0.25) is 11.8 Å². The number of halogens is 3. The summed E-state index contributed by atoms with van der Waals surface area (Å²) in [5.41, 5.74) is 0.648. The highest BCUT2D eigenvalue weighted by atomic mass is 35.5. The molecule has 3 aromatic rings. The average Bonchev–Trinajstić information content (AvgIpc) is 2.90. The molecular weight excluding hydrogens is 557 g/mol. The Morgan fingerprint density at radius 3 is 2.14 bits per heavy atom. The summed E-state index contributed by atoms with van der Waals surface area (Å²) in [6.45, 7) is 1.13. The summed E-state index contributed by atoms with van der Waals surface area (Å²) in [6, 6.07) is 18.3. The third-order valence-electron chi connectivity index (χ3n) is 5.74. The molecule has 0 radical (unpaired) electrons. The molecule has 3 aromatic carbocycles. The summed E-state index contributed by atoms with van der Waals surface area (Å²) in [7, 11) is -2.77. The van der Waals surface area contributed by atoms with Crippen molar-refractivity contribution >= 4 is 62.3 Å². The zero-order valence-corrected chi connectivity index (χ0v) is 23.3. The molecule has 0 fully saturated rings. The predicted molar refractivity (Wildman–Crippen MR) is 148 cm³/mol. The van der Waals surface area contributed by atoms with Crippen LogP contribution in [0.4, 0.5) is 5.69 Å². The van der Waals surface area contributed by atoms with Gasteiger partial charge >= 0.3 is 0 Å². The van der Waals surface area contributed by atoms with Gasteiger partial charge in [-0.1, -0.05) is 84.2 Å². The molecule has 11 heteroatoms. The second-order valence-corrected chi connectivity index (χ2v) is 11.1. The molecule has 0 aliphatic rings. The van der Waals surface area contributed by atoms with Crippen molar-refractivity contribution in [1.82, 2.24) is 10.2 Å². The van der Waals surface area contributed by atoms with E-state index in [1.165, 1.54) is 36.2 Å². The van der Waals surface area contributed by atoms with Gasteiger partial charge in [0.25, 0.3) is 10.0 Å². The largest absolute Gasteiger partial charge is 0.357 e. The van der Waals surface area contributed by atoms with Crippen LogP contribution in [0.1, 0.15) is 18.9 Å². The van der Waals surface area contributed by atoms with E-state index >= 15 is 0 Å². The zero-order valence-electron chi connectivity index (χ0n) is 20.2. The van der Waals surface area contributed by atoms with E-state index < -0.39 is 28.5 Å². The Kier molecular flexibility index (Phi) is 9.84. The molecule has 0 bridgehead atoms. The fraction of sp³-hybridized carbons (Fsp3) is 0.231. The maximum atomic E-state index is 13.9. The minimum absolute atomic E-state index is 0.00701. The van der Waals surface area contributed by atoms with Crippen LogP contribution in [-0.2, 0) is 26.2 Å². The summed E-state index contributed by atoms with van der Waals surface area (Å²) in [6.07, 6.45) is 0.291. The van der Waals surface area contributed by atoms with Gasteiger partial charge in [0.1, 0.15) is 12.6 Å². The fourth-order valence-corrected chi connectivity index (χ4v) is 5.90. The van der Waals surface area contributed by atoms with E-state index in [4.69, 9.17) is 34.8 Å². The standard InChI is InChI=1S/C26H26Cl3N3O4S/c1-3-22(26(34)30-2)31(16-18-10-7-8-13-20(18)27)24(33)17-32(23-15-9-14-21(28)25(23)29)37(35,36)19-11-5-4-6-12-19/h4-15,22H,3,16-17H2,1-2H3,(H,30,34)/t22-/m0/s1. The molecule has 1 N–H and O–H groups in total. The minimum atomic E-state index is -4.25. The van der Waals surface area contributed by atoms with Crippen LogP contribution in [0.5, 0.6) is 0 Å². The molecule has 3 rings (SSSR count). The van der Waals surface area contributed by atoms with Gasteiger partial charge < -0.3 is 10.2 Å². The molecule has 1 atom stereocenters. The summed E-state index contributed by atoms with van der Waals surface area (Å²) in [5, 5.41) is 3.10. The number of likely N-dealkylation sites (N-methyl/N-ethyl adjacent to an activating group) is 1. The number of hydrogen-bond donors (Lipinski definition) is 1. The third-order valence-corrected chi connectivity index (χ3v) is 8.69. The Bertz CT molecular complexity index is 1370. The van der Waals surface area contributed by atoms with E-state index in [0.29, 0.717) is 17.0 Å². The number of carbonyl (C=O) groups is 2. The molecule has 0 heterocycles. The molecular formula is C26H26Cl3N3O4S. The first-order valence-electron chi connectivity index (χ1n) is 11.4. The van der Waals surface area contributed by atoms with E-state index in [9.17, 15) is 18.0 Å². The Hall–Kier alpha value is -2.78. The molecule has 0 aliphatic carbocycles. The molecule has 0 saturated carbocycles. The summed E-state index contributed by atoms with van der Waals surface area (Å²) in [4.78, 5) is 27.9. The first-order valence-corrected chi connectivity index (χ1v) is 14.0. The van der Waals surface area contributed by atoms with E-state index in [1.807, 2.05) is 0 Å². The van der Waals surface area contributed by atoms with Crippen molar-refractivity contribution in [2.75, 3.05) is 17.9 Å². The van der Waals surface area contributed by atoms with Gasteiger partial charge in [-0.05, 0) is 42.3 Å². The van der Waals surface area contributed by atoms with Crippen LogP contribution in [0.25, 0.3) is 0 Å². The number of nitrogens with one attached hydrogen (secondary N) is 1. The quantitative estimate of drug-likeness (QED) is 0.347. The number of sulfonamides is 1. The second-order valence-electron chi connectivity index (χ2n) is 8.05. The molecule has 0 unspecified atom stereocenters. The number of carbonyl (C=O) groups excluding carboxylic acids is 2. The molecule has 7 nitrogen and oxygen atoms in total. The van der Waals surface area contributed by atoms with Crippen molar-refractivity contribution in [1.29, 1.82) is 0 Å².